The molecular formula is C28H25N3O2. The molecule has 1 aliphatic heterocycles. The monoisotopic (exact) mass is 435 g/mol. The van der Waals surface area contributed by atoms with Gasteiger partial charge >= 0.3 is 0 Å². The smallest absolute Gasteiger partial charge is 0.209 e. The number of aryl methyl sites for hydroxylation is 1. The second-order valence-corrected chi connectivity index (χ2v) is 8.93. The number of imidazole rings is 1. The van der Waals surface area contributed by atoms with Crippen LogP contribution in [0.1, 0.15) is 41.5 Å². The van der Waals surface area contributed by atoms with E-state index in [1.807, 2.05) is 30.3 Å². The Kier molecular flexibility index (Phi) is 4.57. The first-order valence-corrected chi connectivity index (χ1v) is 11.3. The molecule has 0 amide bonds. The molecule has 0 unspecified atom stereocenters. The van der Waals surface area contributed by atoms with Crippen LogP contribution in [0.4, 0.5) is 5.95 Å². The summed E-state index contributed by atoms with van der Waals surface area (Å²) in [5, 5.41) is 3.54. The summed E-state index contributed by atoms with van der Waals surface area (Å²) in [6.45, 7) is 2.09. The molecule has 0 radical (unpaired) electrons. The maximum atomic E-state index is 13.7. The summed E-state index contributed by atoms with van der Waals surface area (Å²) in [7, 11) is 1.66. The minimum atomic E-state index is -0.221. The lowest BCUT2D eigenvalue weighted by molar-refractivity contribution is -0.116. The summed E-state index contributed by atoms with van der Waals surface area (Å²) < 4.78 is 7.54. The molecule has 2 heterocycles. The summed E-state index contributed by atoms with van der Waals surface area (Å²) in [6, 6.07) is 24.4. The Morgan fingerprint density at radius 2 is 1.67 bits per heavy atom. The van der Waals surface area contributed by atoms with E-state index in [4.69, 9.17) is 9.72 Å². The highest BCUT2D eigenvalue weighted by Gasteiger charge is 2.39. The zero-order valence-corrected chi connectivity index (χ0v) is 18.7. The summed E-state index contributed by atoms with van der Waals surface area (Å²) >= 11 is 0. The quantitative estimate of drug-likeness (QED) is 0.444. The van der Waals surface area contributed by atoms with Gasteiger partial charge in [-0.05, 0) is 54.7 Å². The van der Waals surface area contributed by atoms with Gasteiger partial charge in [-0.3, -0.25) is 9.36 Å². The van der Waals surface area contributed by atoms with Crippen molar-refractivity contribution < 1.29 is 9.53 Å². The Hall–Kier alpha value is -3.86. The number of anilines is 1. The van der Waals surface area contributed by atoms with Crippen molar-refractivity contribution >= 4 is 22.8 Å². The molecule has 4 aromatic rings. The summed E-state index contributed by atoms with van der Waals surface area (Å²) in [4.78, 5) is 18.6. The van der Waals surface area contributed by atoms with Crippen LogP contribution < -0.4 is 10.1 Å². The lowest BCUT2D eigenvalue weighted by atomic mass is 9.77. The number of ketones is 1. The highest BCUT2D eigenvalue weighted by molar-refractivity contribution is 6.01. The van der Waals surface area contributed by atoms with Crippen LogP contribution in [0.3, 0.4) is 0 Å². The van der Waals surface area contributed by atoms with Gasteiger partial charge < -0.3 is 10.1 Å². The first-order chi connectivity index (χ1) is 16.1. The molecule has 1 N–H and O–H groups in total. The topological polar surface area (TPSA) is 56.1 Å². The molecule has 0 spiro atoms. The average Bonchev–Trinajstić information content (AvgIpc) is 3.21. The Balaban J connectivity index is 1.50. The number of fused-ring (bicyclic) bond motifs is 3. The van der Waals surface area contributed by atoms with E-state index in [0.29, 0.717) is 6.42 Å². The van der Waals surface area contributed by atoms with Crippen LogP contribution in [-0.4, -0.2) is 22.4 Å². The van der Waals surface area contributed by atoms with Crippen molar-refractivity contribution in [1.29, 1.82) is 0 Å². The number of carbonyl (C=O) groups excluding carboxylic acids is 1. The van der Waals surface area contributed by atoms with Crippen LogP contribution in [0.25, 0.3) is 11.0 Å². The van der Waals surface area contributed by atoms with E-state index < -0.39 is 0 Å². The third-order valence-electron chi connectivity index (χ3n) is 6.88. The van der Waals surface area contributed by atoms with Crippen molar-refractivity contribution in [1.82, 2.24) is 9.55 Å². The van der Waals surface area contributed by atoms with Gasteiger partial charge in [0.2, 0.25) is 5.95 Å². The standard InChI is InChI=1S/C28H25N3O2/c1-17-7-9-18(10-8-17)20-15-23-26(25(32)16-20)27(19-11-13-21(33-2)14-12-19)31-24-6-4-3-5-22(24)29-28(31)30-23/h3-14,20,27H,15-16H2,1-2H3,(H,29,30)/t20-,27-/m0/s1. The van der Waals surface area contributed by atoms with Gasteiger partial charge in [-0.1, -0.05) is 54.1 Å². The SMILES string of the molecule is COc1ccc([C@H]2C3=C(C[C@H](c4ccc(C)cc4)CC3=O)Nc3nc4ccccc4n32)cc1. The number of ether oxygens (including phenoxy) is 1. The zero-order chi connectivity index (χ0) is 22.5. The van der Waals surface area contributed by atoms with Crippen molar-refractivity contribution in [3.8, 4) is 5.75 Å². The number of hydrogen-bond acceptors (Lipinski definition) is 4. The fourth-order valence-corrected chi connectivity index (χ4v) is 5.20. The van der Waals surface area contributed by atoms with Gasteiger partial charge in [0.25, 0.3) is 0 Å². The second kappa shape index (κ2) is 7.62. The van der Waals surface area contributed by atoms with Gasteiger partial charge in [0.1, 0.15) is 5.75 Å². The van der Waals surface area contributed by atoms with Gasteiger partial charge in [0.15, 0.2) is 5.78 Å². The molecule has 1 aromatic heterocycles. The van der Waals surface area contributed by atoms with E-state index in [9.17, 15) is 4.79 Å². The van der Waals surface area contributed by atoms with Crippen molar-refractivity contribution in [2.24, 2.45) is 0 Å². The molecule has 33 heavy (non-hydrogen) atoms. The lowest BCUT2D eigenvalue weighted by Crippen LogP contribution is -2.33. The number of nitrogens with one attached hydrogen (secondary N) is 1. The van der Waals surface area contributed by atoms with Crippen molar-refractivity contribution in [3.63, 3.8) is 0 Å². The highest BCUT2D eigenvalue weighted by Crippen LogP contribution is 2.46. The molecule has 6 rings (SSSR count). The first-order valence-electron chi connectivity index (χ1n) is 11.3. The fourth-order valence-electron chi connectivity index (χ4n) is 5.20. The molecule has 164 valence electrons. The molecule has 0 fully saturated rings. The van der Waals surface area contributed by atoms with Crippen molar-refractivity contribution in [2.45, 2.75) is 31.7 Å². The van der Waals surface area contributed by atoms with E-state index in [1.165, 1.54) is 11.1 Å². The molecule has 1 aliphatic carbocycles. The van der Waals surface area contributed by atoms with Gasteiger partial charge in [-0.25, -0.2) is 4.98 Å². The van der Waals surface area contributed by atoms with Crippen molar-refractivity contribution in [2.75, 3.05) is 12.4 Å². The number of aromatic nitrogens is 2. The molecule has 0 bridgehead atoms. The van der Waals surface area contributed by atoms with Gasteiger partial charge in [-0.2, -0.15) is 0 Å². The van der Waals surface area contributed by atoms with Crippen LogP contribution in [0.15, 0.2) is 84.1 Å². The first kappa shape index (κ1) is 19.8. The van der Waals surface area contributed by atoms with Crippen LogP contribution in [0, 0.1) is 6.92 Å². The van der Waals surface area contributed by atoms with Crippen LogP contribution >= 0.6 is 0 Å². The minimum absolute atomic E-state index is 0.164. The number of carbonyl (C=O) groups is 1. The number of para-hydroxylation sites is 2. The van der Waals surface area contributed by atoms with E-state index in [0.717, 1.165) is 46.0 Å². The maximum absolute atomic E-state index is 13.7. The molecule has 0 saturated heterocycles. The van der Waals surface area contributed by atoms with E-state index in [1.54, 1.807) is 7.11 Å². The van der Waals surface area contributed by atoms with Gasteiger partial charge in [-0.15, -0.1) is 0 Å². The molecule has 2 aliphatic rings. The second-order valence-electron chi connectivity index (χ2n) is 8.93. The molecule has 5 heteroatoms. The van der Waals surface area contributed by atoms with Crippen LogP contribution in [0.5, 0.6) is 5.75 Å². The summed E-state index contributed by atoms with van der Waals surface area (Å²) in [6.07, 6.45) is 1.30. The molecule has 0 saturated carbocycles. The molecule has 3 aromatic carbocycles. The number of Topliss-reactive ketones (excluding diaryl/α,β-unsaturated/α-hetero) is 1. The Bertz CT molecular complexity index is 1400. The number of nitrogens with zero attached hydrogens (tertiary/aromatic N) is 2. The number of benzene rings is 3. The molecule has 2 atom stereocenters. The Labute approximate surface area is 192 Å². The molecular weight excluding hydrogens is 410 g/mol. The maximum Gasteiger partial charge on any atom is 0.209 e. The average molecular weight is 436 g/mol. The predicted molar refractivity (Wildman–Crippen MR) is 130 cm³/mol. The zero-order valence-electron chi connectivity index (χ0n) is 18.7. The normalized spacial score (nSPS) is 19.8. The number of allylic oxidation sites excluding steroid dienone is 2. The molecule has 5 nitrogen and oxygen atoms in total. The largest absolute Gasteiger partial charge is 0.497 e. The van der Waals surface area contributed by atoms with E-state index in [-0.39, 0.29) is 17.7 Å². The fraction of sp³-hybridized carbons (Fsp3) is 0.214. The Morgan fingerprint density at radius 3 is 2.42 bits per heavy atom. The summed E-state index contributed by atoms with van der Waals surface area (Å²) in [5.74, 6) is 1.94. The highest BCUT2D eigenvalue weighted by atomic mass is 16.5. The van der Waals surface area contributed by atoms with Gasteiger partial charge in [0.05, 0.1) is 24.2 Å². The Morgan fingerprint density at radius 1 is 0.939 bits per heavy atom. The predicted octanol–water partition coefficient (Wildman–Crippen LogP) is 5.77. The van der Waals surface area contributed by atoms with E-state index >= 15 is 0 Å². The van der Waals surface area contributed by atoms with Gasteiger partial charge in [0, 0.05) is 17.7 Å². The number of hydrogen-bond donors (Lipinski definition) is 1. The number of methoxy groups -OCH3 is 1. The van der Waals surface area contributed by atoms with Crippen LogP contribution in [0.2, 0.25) is 0 Å². The lowest BCUT2D eigenvalue weighted by Gasteiger charge is -2.36. The summed E-state index contributed by atoms with van der Waals surface area (Å²) in [5.41, 5.74) is 7.25. The number of rotatable bonds is 3. The third kappa shape index (κ3) is 3.23. The minimum Gasteiger partial charge on any atom is -0.497 e. The third-order valence-corrected chi connectivity index (χ3v) is 6.88. The van der Waals surface area contributed by atoms with Crippen molar-refractivity contribution in [3.05, 3.63) is 101 Å². The van der Waals surface area contributed by atoms with E-state index in [2.05, 4.69) is 59.3 Å². The van der Waals surface area contributed by atoms with Crippen LogP contribution in [-0.2, 0) is 4.79 Å².